The average molecular weight is 299 g/mol. The lowest BCUT2D eigenvalue weighted by Gasteiger charge is -2.41. The molecule has 2 aliphatic rings. The first-order chi connectivity index (χ1) is 10.2. The van der Waals surface area contributed by atoms with Gasteiger partial charge in [-0.15, -0.1) is 0 Å². The van der Waals surface area contributed by atoms with Gasteiger partial charge in [0.2, 0.25) is 0 Å². The first-order valence-electron chi connectivity index (χ1n) is 7.62. The van der Waals surface area contributed by atoms with Crippen molar-refractivity contribution in [2.24, 2.45) is 5.73 Å². The molecular weight excluding hydrogens is 280 g/mol. The van der Waals surface area contributed by atoms with Gasteiger partial charge in [0.1, 0.15) is 0 Å². The van der Waals surface area contributed by atoms with E-state index >= 15 is 0 Å². The van der Waals surface area contributed by atoms with Crippen molar-refractivity contribution in [3.05, 3.63) is 64.2 Å². The van der Waals surface area contributed by atoms with Gasteiger partial charge in [-0.05, 0) is 48.1 Å². The van der Waals surface area contributed by atoms with Gasteiger partial charge >= 0.3 is 0 Å². The van der Waals surface area contributed by atoms with Crippen molar-refractivity contribution in [1.82, 2.24) is 0 Å². The largest absolute Gasteiger partial charge is 0.363 e. The van der Waals surface area contributed by atoms with Gasteiger partial charge in [0.05, 0.1) is 6.04 Å². The van der Waals surface area contributed by atoms with Crippen LogP contribution in [0.2, 0.25) is 5.02 Å². The maximum Gasteiger partial charge on any atom is 0.0696 e. The van der Waals surface area contributed by atoms with Crippen LogP contribution in [0.4, 0.5) is 5.69 Å². The molecule has 3 heteroatoms. The van der Waals surface area contributed by atoms with Gasteiger partial charge in [0, 0.05) is 23.3 Å². The number of hydrogen-bond donors (Lipinski definition) is 1. The third-order valence-corrected chi connectivity index (χ3v) is 5.02. The van der Waals surface area contributed by atoms with E-state index in [0.717, 1.165) is 30.8 Å². The fraction of sp³-hybridized carbons (Fsp3) is 0.333. The Morgan fingerprint density at radius 2 is 1.95 bits per heavy atom. The lowest BCUT2D eigenvalue weighted by molar-refractivity contribution is 0.410. The topological polar surface area (TPSA) is 29.3 Å². The van der Waals surface area contributed by atoms with E-state index in [2.05, 4.69) is 41.3 Å². The smallest absolute Gasteiger partial charge is 0.0696 e. The first-order valence-corrected chi connectivity index (χ1v) is 8.00. The quantitative estimate of drug-likeness (QED) is 0.799. The number of nitrogens with zero attached hydrogens (tertiary/aromatic N) is 1. The third-order valence-electron chi connectivity index (χ3n) is 4.79. The number of nitrogens with two attached hydrogens (primary N) is 1. The molecule has 0 radical (unpaired) electrons. The zero-order valence-corrected chi connectivity index (χ0v) is 12.7. The summed E-state index contributed by atoms with van der Waals surface area (Å²) in [5.74, 6) is 0. The molecule has 0 bridgehead atoms. The van der Waals surface area contributed by atoms with Crippen LogP contribution in [0.25, 0.3) is 0 Å². The van der Waals surface area contributed by atoms with Crippen LogP contribution in [-0.2, 0) is 6.42 Å². The number of hydrogen-bond acceptors (Lipinski definition) is 2. The molecule has 0 aromatic heterocycles. The van der Waals surface area contributed by atoms with Crippen LogP contribution in [0.3, 0.4) is 0 Å². The number of fused-ring (bicyclic) bond motifs is 5. The molecule has 0 amide bonds. The Labute approximate surface area is 130 Å². The molecule has 1 saturated heterocycles. The minimum Gasteiger partial charge on any atom is -0.363 e. The molecule has 2 N–H and O–H groups in total. The zero-order chi connectivity index (χ0) is 14.4. The van der Waals surface area contributed by atoms with Crippen molar-refractivity contribution < 1.29 is 0 Å². The Hall–Kier alpha value is -1.51. The van der Waals surface area contributed by atoms with E-state index in [9.17, 15) is 0 Å². The molecule has 2 nitrogen and oxygen atoms in total. The molecule has 0 spiro atoms. The number of piperidine rings is 1. The number of halogens is 1. The fourth-order valence-corrected chi connectivity index (χ4v) is 4.00. The molecule has 108 valence electrons. The highest BCUT2D eigenvalue weighted by Crippen LogP contribution is 2.42. The molecule has 2 unspecified atom stereocenters. The summed E-state index contributed by atoms with van der Waals surface area (Å²) in [6.45, 7) is 1.06. The maximum atomic E-state index is 6.49. The summed E-state index contributed by atoms with van der Waals surface area (Å²) in [7, 11) is 0. The number of benzene rings is 2. The Bertz CT molecular complexity index is 683. The second kappa shape index (κ2) is 5.04. The highest BCUT2D eigenvalue weighted by molar-refractivity contribution is 6.30. The van der Waals surface area contributed by atoms with E-state index in [0.29, 0.717) is 0 Å². The fourth-order valence-electron chi connectivity index (χ4n) is 3.84. The lowest BCUT2D eigenvalue weighted by atomic mass is 9.88. The lowest BCUT2D eigenvalue weighted by Crippen LogP contribution is -2.46. The molecule has 2 aromatic rings. The van der Waals surface area contributed by atoms with Crippen LogP contribution in [0.1, 0.15) is 35.6 Å². The highest BCUT2D eigenvalue weighted by Gasteiger charge is 2.34. The molecule has 0 saturated carbocycles. The molecule has 2 heterocycles. The Kier molecular flexibility index (Phi) is 3.16. The van der Waals surface area contributed by atoms with E-state index in [1.807, 2.05) is 6.07 Å². The molecule has 1 fully saturated rings. The average Bonchev–Trinajstić information content (AvgIpc) is 2.63. The second-order valence-corrected chi connectivity index (χ2v) is 6.53. The van der Waals surface area contributed by atoms with E-state index in [-0.39, 0.29) is 12.1 Å². The van der Waals surface area contributed by atoms with E-state index in [1.54, 1.807) is 0 Å². The molecule has 21 heavy (non-hydrogen) atoms. The minimum atomic E-state index is 0.185. The second-order valence-electron chi connectivity index (χ2n) is 6.09. The monoisotopic (exact) mass is 298 g/mol. The van der Waals surface area contributed by atoms with Gasteiger partial charge in [-0.1, -0.05) is 41.9 Å². The van der Waals surface area contributed by atoms with Crippen LogP contribution in [0, 0.1) is 0 Å². The van der Waals surface area contributed by atoms with Gasteiger partial charge in [0.25, 0.3) is 0 Å². The van der Waals surface area contributed by atoms with Gasteiger partial charge < -0.3 is 10.6 Å². The third kappa shape index (κ3) is 2.14. The van der Waals surface area contributed by atoms with Crippen LogP contribution >= 0.6 is 11.6 Å². The summed E-state index contributed by atoms with van der Waals surface area (Å²) >= 11 is 6.25. The highest BCUT2D eigenvalue weighted by atomic mass is 35.5. The van der Waals surface area contributed by atoms with Crippen LogP contribution in [-0.4, -0.2) is 12.6 Å². The number of rotatable bonds is 0. The van der Waals surface area contributed by atoms with Crippen molar-refractivity contribution in [3.63, 3.8) is 0 Å². The molecule has 0 aliphatic carbocycles. The Morgan fingerprint density at radius 3 is 2.86 bits per heavy atom. The van der Waals surface area contributed by atoms with Crippen molar-refractivity contribution in [3.8, 4) is 0 Å². The summed E-state index contributed by atoms with van der Waals surface area (Å²) in [4.78, 5) is 2.47. The molecule has 2 aliphatic heterocycles. The van der Waals surface area contributed by atoms with Crippen molar-refractivity contribution in [2.75, 3.05) is 11.4 Å². The zero-order valence-electron chi connectivity index (χ0n) is 11.9. The van der Waals surface area contributed by atoms with E-state index in [4.69, 9.17) is 17.3 Å². The molecule has 2 atom stereocenters. The number of anilines is 1. The maximum absolute atomic E-state index is 6.49. The van der Waals surface area contributed by atoms with Crippen LogP contribution in [0.15, 0.2) is 42.5 Å². The van der Waals surface area contributed by atoms with Crippen LogP contribution < -0.4 is 10.6 Å². The van der Waals surface area contributed by atoms with Gasteiger partial charge in [0.15, 0.2) is 0 Å². The summed E-state index contributed by atoms with van der Waals surface area (Å²) in [6.07, 6.45) is 3.19. The standard InChI is InChI=1S/C18H19ClN2/c19-14-8-7-13-10-12-4-1-2-5-15(12)18-16(20)6-3-9-21(18)17(13)11-14/h1-2,4-5,7-8,11,16,18H,3,6,9-10,20H2. The van der Waals surface area contributed by atoms with E-state index < -0.39 is 0 Å². The molecule has 2 aromatic carbocycles. The summed E-state index contributed by atoms with van der Waals surface area (Å²) in [5, 5.41) is 0.803. The van der Waals surface area contributed by atoms with Gasteiger partial charge in [-0.2, -0.15) is 0 Å². The molecule has 4 rings (SSSR count). The van der Waals surface area contributed by atoms with Crippen molar-refractivity contribution in [1.29, 1.82) is 0 Å². The van der Waals surface area contributed by atoms with Crippen molar-refractivity contribution >= 4 is 17.3 Å². The van der Waals surface area contributed by atoms with Crippen molar-refractivity contribution in [2.45, 2.75) is 31.3 Å². The normalized spacial score (nSPS) is 23.8. The Balaban J connectivity index is 1.94. The predicted molar refractivity (Wildman–Crippen MR) is 88.0 cm³/mol. The van der Waals surface area contributed by atoms with E-state index in [1.165, 1.54) is 22.4 Å². The SMILES string of the molecule is NC1CCCN2c3cc(Cl)ccc3Cc3ccccc3C12. The summed E-state index contributed by atoms with van der Waals surface area (Å²) < 4.78 is 0. The summed E-state index contributed by atoms with van der Waals surface area (Å²) in [6, 6.07) is 15.4. The molecular formula is C18H19ClN2. The van der Waals surface area contributed by atoms with Crippen LogP contribution in [0.5, 0.6) is 0 Å². The minimum absolute atomic E-state index is 0.185. The van der Waals surface area contributed by atoms with Gasteiger partial charge in [-0.3, -0.25) is 0 Å². The predicted octanol–water partition coefficient (Wildman–Crippen LogP) is 3.91. The Morgan fingerprint density at radius 1 is 1.10 bits per heavy atom. The van der Waals surface area contributed by atoms with Gasteiger partial charge in [-0.25, -0.2) is 0 Å². The first kappa shape index (κ1) is 13.2. The summed E-state index contributed by atoms with van der Waals surface area (Å²) in [5.41, 5.74) is 11.9.